The van der Waals surface area contributed by atoms with Gasteiger partial charge in [-0.05, 0) is 25.2 Å². The van der Waals surface area contributed by atoms with Crippen molar-refractivity contribution in [1.82, 2.24) is 14.9 Å². The topological polar surface area (TPSA) is 72.5 Å². The van der Waals surface area contributed by atoms with Gasteiger partial charge in [-0.15, -0.1) is 0 Å². The summed E-state index contributed by atoms with van der Waals surface area (Å²) in [5.74, 6) is 0.684. The number of aromatic hydroxyl groups is 1. The number of nitrogens with one attached hydrogen (secondary N) is 1. The number of phenols is 1. The summed E-state index contributed by atoms with van der Waals surface area (Å²) >= 11 is 0. The van der Waals surface area contributed by atoms with Crippen molar-refractivity contribution >= 4 is 16.9 Å². The molecule has 2 N–H and O–H groups in total. The van der Waals surface area contributed by atoms with E-state index in [1.54, 1.807) is 12.1 Å². The van der Waals surface area contributed by atoms with Gasteiger partial charge in [0.25, 0.3) is 5.56 Å². The lowest BCUT2D eigenvalue weighted by Crippen LogP contribution is -2.45. The second-order valence-electron chi connectivity index (χ2n) is 4.88. The van der Waals surface area contributed by atoms with Crippen molar-refractivity contribution in [2.45, 2.75) is 0 Å². The second kappa shape index (κ2) is 4.55. The van der Waals surface area contributed by atoms with Crippen LogP contribution in [0.3, 0.4) is 0 Å². The van der Waals surface area contributed by atoms with Crippen LogP contribution in [0.2, 0.25) is 0 Å². The fourth-order valence-electron chi connectivity index (χ4n) is 2.28. The number of benzene rings is 1. The molecule has 1 aromatic carbocycles. The van der Waals surface area contributed by atoms with Crippen LogP contribution in [-0.2, 0) is 0 Å². The van der Waals surface area contributed by atoms with Gasteiger partial charge in [0, 0.05) is 26.2 Å². The van der Waals surface area contributed by atoms with Crippen molar-refractivity contribution in [1.29, 1.82) is 0 Å². The quantitative estimate of drug-likeness (QED) is 0.775. The van der Waals surface area contributed by atoms with E-state index < -0.39 is 0 Å². The maximum Gasteiger partial charge on any atom is 0.260 e. The zero-order valence-corrected chi connectivity index (χ0v) is 10.8. The van der Waals surface area contributed by atoms with Gasteiger partial charge in [0.2, 0.25) is 5.95 Å². The lowest BCUT2D eigenvalue weighted by Gasteiger charge is -2.32. The van der Waals surface area contributed by atoms with Crippen molar-refractivity contribution in [3.8, 4) is 5.75 Å². The minimum atomic E-state index is -0.213. The SMILES string of the molecule is CN1CCN(c2nc3ccc(O)cc3c(=O)[nH]2)CC1. The number of aromatic amines is 1. The molecule has 0 saturated carbocycles. The minimum Gasteiger partial charge on any atom is -0.508 e. The van der Waals surface area contributed by atoms with Gasteiger partial charge in [-0.1, -0.05) is 0 Å². The average Bonchev–Trinajstić information content (AvgIpc) is 2.40. The lowest BCUT2D eigenvalue weighted by atomic mass is 10.2. The number of anilines is 1. The molecule has 100 valence electrons. The summed E-state index contributed by atoms with van der Waals surface area (Å²) in [5.41, 5.74) is 0.394. The van der Waals surface area contributed by atoms with Crippen LogP contribution in [0.5, 0.6) is 5.75 Å². The molecule has 1 aromatic heterocycles. The molecule has 0 bridgehead atoms. The molecular weight excluding hydrogens is 244 g/mol. The van der Waals surface area contributed by atoms with Crippen molar-refractivity contribution in [2.75, 3.05) is 38.1 Å². The van der Waals surface area contributed by atoms with E-state index in [1.807, 2.05) is 0 Å². The molecule has 1 aliphatic heterocycles. The molecular formula is C13H16N4O2. The molecule has 0 spiro atoms. The number of aromatic nitrogens is 2. The summed E-state index contributed by atoms with van der Waals surface area (Å²) in [5, 5.41) is 9.82. The number of nitrogens with zero attached hydrogens (tertiary/aromatic N) is 3. The van der Waals surface area contributed by atoms with Crippen LogP contribution in [0.1, 0.15) is 0 Å². The highest BCUT2D eigenvalue weighted by molar-refractivity contribution is 5.80. The van der Waals surface area contributed by atoms with E-state index in [1.165, 1.54) is 6.07 Å². The van der Waals surface area contributed by atoms with E-state index in [-0.39, 0.29) is 11.3 Å². The number of rotatable bonds is 1. The Balaban J connectivity index is 2.01. The number of hydrogen-bond donors (Lipinski definition) is 2. The molecule has 19 heavy (non-hydrogen) atoms. The van der Waals surface area contributed by atoms with E-state index in [0.29, 0.717) is 16.9 Å². The normalized spacial score (nSPS) is 17.0. The van der Waals surface area contributed by atoms with Crippen LogP contribution < -0.4 is 10.5 Å². The van der Waals surface area contributed by atoms with Gasteiger partial charge in [0.05, 0.1) is 10.9 Å². The minimum absolute atomic E-state index is 0.0761. The largest absolute Gasteiger partial charge is 0.508 e. The predicted octanol–water partition coefficient (Wildman–Crippen LogP) is 0.380. The standard InChI is InChI=1S/C13H16N4O2/c1-16-4-6-17(7-5-16)13-14-11-3-2-9(18)8-10(11)12(19)15-13/h2-3,8,18H,4-7H2,1H3,(H,14,15,19). The van der Waals surface area contributed by atoms with Gasteiger partial charge >= 0.3 is 0 Å². The van der Waals surface area contributed by atoms with Crippen molar-refractivity contribution < 1.29 is 5.11 Å². The Bertz CT molecular complexity index is 659. The monoisotopic (exact) mass is 260 g/mol. The molecule has 0 aliphatic carbocycles. The van der Waals surface area contributed by atoms with E-state index >= 15 is 0 Å². The molecule has 0 atom stereocenters. The molecule has 0 amide bonds. The lowest BCUT2D eigenvalue weighted by molar-refractivity contribution is 0.311. The van der Waals surface area contributed by atoms with Crippen molar-refractivity contribution in [2.24, 2.45) is 0 Å². The number of H-pyrrole nitrogens is 1. The molecule has 3 rings (SSSR count). The van der Waals surface area contributed by atoms with Crippen molar-refractivity contribution in [3.05, 3.63) is 28.6 Å². The Labute approximate surface area is 110 Å². The maximum atomic E-state index is 12.0. The molecule has 1 fully saturated rings. The first-order valence-electron chi connectivity index (χ1n) is 6.30. The predicted molar refractivity (Wildman–Crippen MR) is 73.7 cm³/mol. The third-order valence-corrected chi connectivity index (χ3v) is 3.48. The summed E-state index contributed by atoms with van der Waals surface area (Å²) in [4.78, 5) is 23.6. The Hall–Kier alpha value is -2.08. The van der Waals surface area contributed by atoms with Crippen LogP contribution in [0.25, 0.3) is 10.9 Å². The smallest absolute Gasteiger partial charge is 0.260 e. The van der Waals surface area contributed by atoms with E-state index in [4.69, 9.17) is 0 Å². The fourth-order valence-corrected chi connectivity index (χ4v) is 2.28. The Morgan fingerprint density at radius 2 is 2.00 bits per heavy atom. The highest BCUT2D eigenvalue weighted by Crippen LogP contribution is 2.17. The molecule has 0 radical (unpaired) electrons. The number of hydrogen-bond acceptors (Lipinski definition) is 5. The average molecular weight is 260 g/mol. The summed E-state index contributed by atoms with van der Waals surface area (Å²) in [6.07, 6.45) is 0. The van der Waals surface area contributed by atoms with Gasteiger partial charge in [0.15, 0.2) is 0 Å². The first-order valence-corrected chi connectivity index (χ1v) is 6.30. The third kappa shape index (κ3) is 2.26. The fraction of sp³-hybridized carbons (Fsp3) is 0.385. The Morgan fingerprint density at radius 3 is 2.74 bits per heavy atom. The Morgan fingerprint density at radius 1 is 1.26 bits per heavy atom. The molecule has 2 aromatic rings. The van der Waals surface area contributed by atoms with Gasteiger partial charge in [-0.25, -0.2) is 4.98 Å². The highest BCUT2D eigenvalue weighted by atomic mass is 16.3. The number of fused-ring (bicyclic) bond motifs is 1. The molecule has 1 saturated heterocycles. The first kappa shape index (κ1) is 12.0. The summed E-state index contributed by atoms with van der Waals surface area (Å²) in [6.45, 7) is 3.61. The summed E-state index contributed by atoms with van der Waals surface area (Å²) in [6, 6.07) is 4.65. The molecule has 6 heteroatoms. The van der Waals surface area contributed by atoms with Gasteiger partial charge < -0.3 is 14.9 Å². The van der Waals surface area contributed by atoms with Gasteiger partial charge in [-0.3, -0.25) is 9.78 Å². The van der Waals surface area contributed by atoms with Gasteiger partial charge in [0.1, 0.15) is 5.75 Å². The molecule has 6 nitrogen and oxygen atoms in total. The number of phenolic OH excluding ortho intramolecular Hbond substituents is 1. The van der Waals surface area contributed by atoms with Crippen LogP contribution in [-0.4, -0.2) is 53.2 Å². The van der Waals surface area contributed by atoms with Crippen molar-refractivity contribution in [3.63, 3.8) is 0 Å². The number of likely N-dealkylation sites (N-methyl/N-ethyl adjacent to an activating group) is 1. The summed E-state index contributed by atoms with van der Waals surface area (Å²) in [7, 11) is 2.08. The zero-order valence-electron chi connectivity index (χ0n) is 10.8. The third-order valence-electron chi connectivity index (χ3n) is 3.48. The van der Waals surface area contributed by atoms with Gasteiger partial charge in [-0.2, -0.15) is 0 Å². The Kier molecular flexibility index (Phi) is 2.87. The van der Waals surface area contributed by atoms with Crippen LogP contribution in [0.4, 0.5) is 5.95 Å². The van der Waals surface area contributed by atoms with Crippen LogP contribution in [0, 0.1) is 0 Å². The van der Waals surface area contributed by atoms with E-state index in [9.17, 15) is 9.90 Å². The summed E-state index contributed by atoms with van der Waals surface area (Å²) < 4.78 is 0. The van der Waals surface area contributed by atoms with E-state index in [2.05, 4.69) is 26.8 Å². The van der Waals surface area contributed by atoms with Crippen LogP contribution >= 0.6 is 0 Å². The second-order valence-corrected chi connectivity index (χ2v) is 4.88. The van der Waals surface area contributed by atoms with E-state index in [0.717, 1.165) is 26.2 Å². The van der Waals surface area contributed by atoms with Crippen LogP contribution in [0.15, 0.2) is 23.0 Å². The molecule has 2 heterocycles. The zero-order chi connectivity index (χ0) is 13.4. The number of piperazine rings is 1. The molecule has 0 unspecified atom stereocenters. The first-order chi connectivity index (χ1) is 9.13. The highest BCUT2D eigenvalue weighted by Gasteiger charge is 2.17. The molecule has 1 aliphatic rings. The maximum absolute atomic E-state index is 12.0.